The zero-order valence-electron chi connectivity index (χ0n) is 32.3. The molecule has 5 nitrogen and oxygen atoms in total. The molecule has 48 heavy (non-hydrogen) atoms. The van der Waals surface area contributed by atoms with Gasteiger partial charge in [0.25, 0.3) is 0 Å². The molecule has 0 aromatic rings. The minimum atomic E-state index is -0.0970. The van der Waals surface area contributed by atoms with Crippen LogP contribution in [0.4, 0.5) is 0 Å². The fraction of sp³-hybridized carbons (Fsp3) is 0.953. The summed E-state index contributed by atoms with van der Waals surface area (Å²) < 4.78 is 0. The van der Waals surface area contributed by atoms with Crippen molar-refractivity contribution in [3.63, 3.8) is 0 Å². The largest absolute Gasteiger partial charge is 0.393 e. The molecule has 0 radical (unpaired) electrons. The first-order valence-corrected chi connectivity index (χ1v) is 21.6. The minimum Gasteiger partial charge on any atom is -0.393 e. The second-order valence-electron chi connectivity index (χ2n) is 15.7. The predicted octanol–water partition coefficient (Wildman–Crippen LogP) is 12.1. The summed E-state index contributed by atoms with van der Waals surface area (Å²) in [6.07, 6.45) is 39.1. The predicted molar refractivity (Wildman–Crippen MR) is 205 cm³/mol. The van der Waals surface area contributed by atoms with E-state index in [0.29, 0.717) is 31.0 Å². The summed E-state index contributed by atoms with van der Waals surface area (Å²) in [6.45, 7) is 4.45. The van der Waals surface area contributed by atoms with Crippen LogP contribution in [0.3, 0.4) is 0 Å². The first-order valence-electron chi connectivity index (χ1n) is 21.6. The molecule has 1 saturated carbocycles. The van der Waals surface area contributed by atoms with Crippen LogP contribution in [0.1, 0.15) is 239 Å². The van der Waals surface area contributed by atoms with Crippen LogP contribution in [-0.4, -0.2) is 40.2 Å². The number of carbonyl (C=O) groups excluding carboxylic acids is 2. The van der Waals surface area contributed by atoms with E-state index >= 15 is 0 Å². The van der Waals surface area contributed by atoms with Gasteiger partial charge in [-0.1, -0.05) is 168 Å². The number of nitrogens with one attached hydrogen (secondary N) is 1. The van der Waals surface area contributed by atoms with Gasteiger partial charge in [-0.15, -0.1) is 0 Å². The number of unbranched alkanes of at least 4 members (excludes halogenated alkanes) is 20. The molecule has 3 N–H and O–H groups in total. The third-order valence-electron chi connectivity index (χ3n) is 11.0. The van der Waals surface area contributed by atoms with E-state index in [4.69, 9.17) is 0 Å². The molecule has 1 amide bonds. The van der Waals surface area contributed by atoms with Gasteiger partial charge in [-0.25, -0.2) is 0 Å². The van der Waals surface area contributed by atoms with Crippen molar-refractivity contribution in [2.24, 2.45) is 5.92 Å². The Labute approximate surface area is 299 Å². The molecule has 0 spiro atoms. The van der Waals surface area contributed by atoms with Gasteiger partial charge in [-0.05, 0) is 57.3 Å². The summed E-state index contributed by atoms with van der Waals surface area (Å²) in [5.74, 6) is 0.909. The normalized spacial score (nSPS) is 17.8. The van der Waals surface area contributed by atoms with Crippen molar-refractivity contribution in [1.29, 1.82) is 0 Å². The number of carbonyl (C=O) groups is 2. The summed E-state index contributed by atoms with van der Waals surface area (Å²) in [5.41, 5.74) is 0. The van der Waals surface area contributed by atoms with Gasteiger partial charge in [0.15, 0.2) is 0 Å². The van der Waals surface area contributed by atoms with Crippen molar-refractivity contribution in [1.82, 2.24) is 5.32 Å². The quantitative estimate of drug-likeness (QED) is 0.0583. The zero-order chi connectivity index (χ0) is 34.9. The molecular formula is C43H83NO4. The van der Waals surface area contributed by atoms with Gasteiger partial charge in [-0.2, -0.15) is 0 Å². The van der Waals surface area contributed by atoms with Crippen molar-refractivity contribution >= 4 is 11.7 Å². The van der Waals surface area contributed by atoms with Gasteiger partial charge in [0.2, 0.25) is 5.91 Å². The Morgan fingerprint density at radius 1 is 0.521 bits per heavy atom. The monoisotopic (exact) mass is 678 g/mol. The Morgan fingerprint density at radius 3 is 1.35 bits per heavy atom. The highest BCUT2D eigenvalue weighted by Gasteiger charge is 2.28. The third-order valence-corrected chi connectivity index (χ3v) is 11.0. The number of rotatable bonds is 35. The lowest BCUT2D eigenvalue weighted by molar-refractivity contribution is -0.124. The van der Waals surface area contributed by atoms with E-state index in [1.807, 2.05) is 0 Å². The molecule has 0 aliphatic heterocycles. The number of aliphatic hydroxyl groups is 2. The van der Waals surface area contributed by atoms with E-state index in [2.05, 4.69) is 19.2 Å². The summed E-state index contributed by atoms with van der Waals surface area (Å²) in [7, 11) is 0. The average molecular weight is 678 g/mol. The van der Waals surface area contributed by atoms with Crippen LogP contribution in [0.2, 0.25) is 0 Å². The highest BCUT2D eigenvalue weighted by Crippen LogP contribution is 2.28. The first kappa shape index (κ1) is 45.1. The van der Waals surface area contributed by atoms with Gasteiger partial charge < -0.3 is 15.5 Å². The number of hydrogen-bond acceptors (Lipinski definition) is 4. The van der Waals surface area contributed by atoms with Crippen molar-refractivity contribution in [3.8, 4) is 0 Å². The Balaban J connectivity index is 2.00. The van der Waals surface area contributed by atoms with Crippen molar-refractivity contribution in [3.05, 3.63) is 0 Å². The molecule has 5 heteroatoms. The molecule has 1 rings (SSSR count). The van der Waals surface area contributed by atoms with E-state index in [9.17, 15) is 19.8 Å². The highest BCUT2D eigenvalue weighted by molar-refractivity contribution is 5.79. The molecule has 1 aliphatic carbocycles. The molecule has 1 fully saturated rings. The standard InChI is InChI=1S/C43H83NO4/c1-3-5-7-21-30-39(45)32-23-17-13-9-10-15-19-25-34-41(47)37-38-29-27-28-35-42(38)44-43(48)36-26-20-16-12-11-14-18-24-33-40(46)31-22-8-6-4-2/h38-40,42,45-46H,3-37H2,1-2H3,(H,44,48)/t38-,39?,40?,42-/m0/s1. The molecule has 0 aromatic carbocycles. The Morgan fingerprint density at radius 2 is 0.896 bits per heavy atom. The first-order chi connectivity index (χ1) is 23.5. The van der Waals surface area contributed by atoms with E-state index in [1.165, 1.54) is 122 Å². The van der Waals surface area contributed by atoms with E-state index in [1.54, 1.807) is 0 Å². The molecule has 0 aromatic heterocycles. The van der Waals surface area contributed by atoms with Gasteiger partial charge in [0, 0.05) is 25.3 Å². The van der Waals surface area contributed by atoms with Gasteiger partial charge >= 0.3 is 0 Å². The molecular weight excluding hydrogens is 594 g/mol. The smallest absolute Gasteiger partial charge is 0.220 e. The molecule has 1 aliphatic rings. The molecule has 2 unspecified atom stereocenters. The molecule has 0 saturated heterocycles. The van der Waals surface area contributed by atoms with Crippen LogP contribution in [0.5, 0.6) is 0 Å². The lowest BCUT2D eigenvalue weighted by Crippen LogP contribution is -2.42. The minimum absolute atomic E-state index is 0.0950. The maximum absolute atomic E-state index is 12.8. The van der Waals surface area contributed by atoms with Gasteiger partial charge in [0.1, 0.15) is 5.78 Å². The molecule has 0 heterocycles. The number of Topliss-reactive ketones (excluding diaryl/α,β-unsaturated/α-hetero) is 1. The van der Waals surface area contributed by atoms with Crippen molar-refractivity contribution < 1.29 is 19.8 Å². The maximum atomic E-state index is 12.8. The van der Waals surface area contributed by atoms with Crippen LogP contribution in [0.15, 0.2) is 0 Å². The maximum Gasteiger partial charge on any atom is 0.220 e. The summed E-state index contributed by atoms with van der Waals surface area (Å²) in [4.78, 5) is 25.5. The van der Waals surface area contributed by atoms with Crippen molar-refractivity contribution in [2.45, 2.75) is 257 Å². The Kier molecular flexibility index (Phi) is 31.2. The van der Waals surface area contributed by atoms with Crippen LogP contribution >= 0.6 is 0 Å². The average Bonchev–Trinajstić information content (AvgIpc) is 3.07. The second-order valence-corrected chi connectivity index (χ2v) is 15.7. The summed E-state index contributed by atoms with van der Waals surface area (Å²) >= 11 is 0. The van der Waals surface area contributed by atoms with Gasteiger partial charge in [0.05, 0.1) is 12.2 Å². The zero-order valence-corrected chi connectivity index (χ0v) is 32.3. The third kappa shape index (κ3) is 27.8. The number of ketones is 1. The number of hydrogen-bond donors (Lipinski definition) is 3. The van der Waals surface area contributed by atoms with Gasteiger partial charge in [-0.3, -0.25) is 9.59 Å². The fourth-order valence-electron chi connectivity index (χ4n) is 7.71. The summed E-state index contributed by atoms with van der Waals surface area (Å²) in [6, 6.07) is 0.187. The Hall–Kier alpha value is -0.940. The fourth-order valence-corrected chi connectivity index (χ4v) is 7.71. The number of aliphatic hydroxyl groups excluding tert-OH is 2. The summed E-state index contributed by atoms with van der Waals surface area (Å²) in [5, 5.41) is 23.5. The topological polar surface area (TPSA) is 86.6 Å². The van der Waals surface area contributed by atoms with E-state index in [0.717, 1.165) is 83.5 Å². The second kappa shape index (κ2) is 33.2. The van der Waals surface area contributed by atoms with Crippen LogP contribution in [0.25, 0.3) is 0 Å². The van der Waals surface area contributed by atoms with Crippen LogP contribution < -0.4 is 5.32 Å². The SMILES string of the molecule is CCCCCCC(O)CCCCCCCCCCC(=O)C[C@@H]1CCCC[C@@H]1NC(=O)CCCCCCCCCCC(O)CCCCCC. The lowest BCUT2D eigenvalue weighted by Gasteiger charge is -2.32. The lowest BCUT2D eigenvalue weighted by atomic mass is 9.80. The molecule has 0 bridgehead atoms. The number of amides is 1. The van der Waals surface area contributed by atoms with Crippen LogP contribution in [-0.2, 0) is 9.59 Å². The Bertz CT molecular complexity index is 668. The van der Waals surface area contributed by atoms with E-state index < -0.39 is 0 Å². The molecule has 4 atom stereocenters. The van der Waals surface area contributed by atoms with Crippen LogP contribution in [0, 0.1) is 5.92 Å². The molecule has 284 valence electrons. The highest BCUT2D eigenvalue weighted by atomic mass is 16.3. The van der Waals surface area contributed by atoms with E-state index in [-0.39, 0.29) is 24.2 Å². The van der Waals surface area contributed by atoms with Crippen molar-refractivity contribution in [2.75, 3.05) is 0 Å².